The molecule has 0 aliphatic carbocycles. The Morgan fingerprint density at radius 1 is 1.06 bits per heavy atom. The zero-order chi connectivity index (χ0) is 26.1. The Bertz CT molecular complexity index is 1120. The molecule has 2 unspecified atom stereocenters. The van der Waals surface area contributed by atoms with Crippen molar-refractivity contribution in [3.05, 3.63) is 54.4 Å². The van der Waals surface area contributed by atoms with E-state index in [0.717, 1.165) is 12.1 Å². The van der Waals surface area contributed by atoms with Crippen LogP contribution in [0.15, 0.2) is 48.7 Å². The summed E-state index contributed by atoms with van der Waals surface area (Å²) in [7, 11) is 0. The molecule has 36 heavy (non-hydrogen) atoms. The average molecular weight is 506 g/mol. The van der Waals surface area contributed by atoms with Crippen molar-refractivity contribution in [3.8, 4) is 5.75 Å². The van der Waals surface area contributed by atoms with Crippen LogP contribution in [-0.4, -0.2) is 64.8 Å². The molecule has 1 spiro atoms. The molecule has 2 amide bonds. The Kier molecular flexibility index (Phi) is 6.79. The molecule has 2 atom stereocenters. The van der Waals surface area contributed by atoms with Crippen molar-refractivity contribution < 1.29 is 37.4 Å². The molecule has 0 bridgehead atoms. The minimum Gasteiger partial charge on any atom is -0.465 e. The Morgan fingerprint density at radius 2 is 1.69 bits per heavy atom. The third-order valence-corrected chi connectivity index (χ3v) is 7.00. The van der Waals surface area contributed by atoms with Gasteiger partial charge in [0.05, 0.1) is 11.7 Å². The van der Waals surface area contributed by atoms with E-state index >= 15 is 0 Å². The molecule has 192 valence electrons. The number of primary amides is 1. The summed E-state index contributed by atoms with van der Waals surface area (Å²) in [6.45, 7) is 0.822. The van der Waals surface area contributed by atoms with Crippen LogP contribution in [0.1, 0.15) is 30.9 Å². The van der Waals surface area contributed by atoms with E-state index in [0.29, 0.717) is 31.5 Å². The molecule has 2 fully saturated rings. The lowest BCUT2D eigenvalue weighted by Crippen LogP contribution is -2.54. The number of carbonyl (C=O) groups is 3. The maximum Gasteiger partial charge on any atom is 0.573 e. The van der Waals surface area contributed by atoms with Crippen LogP contribution >= 0.6 is 0 Å². The lowest BCUT2D eigenvalue weighted by atomic mass is 9.69. The van der Waals surface area contributed by atoms with Crippen LogP contribution in [0, 0.1) is 5.41 Å². The summed E-state index contributed by atoms with van der Waals surface area (Å²) in [5.74, 6) is -3.07. The average Bonchev–Trinajstić information content (AvgIpc) is 3.18. The molecule has 1 aromatic heterocycles. The quantitative estimate of drug-likeness (QED) is 0.577. The van der Waals surface area contributed by atoms with Crippen LogP contribution in [0.4, 0.5) is 23.7 Å². The fraction of sp³-hybridized carbons (Fsp3) is 0.417. The van der Waals surface area contributed by atoms with Crippen LogP contribution in [0.25, 0.3) is 0 Å². The van der Waals surface area contributed by atoms with E-state index in [1.807, 2.05) is 0 Å². The van der Waals surface area contributed by atoms with E-state index in [2.05, 4.69) is 9.72 Å². The monoisotopic (exact) mass is 506 g/mol. The smallest absolute Gasteiger partial charge is 0.465 e. The lowest BCUT2D eigenvalue weighted by molar-refractivity contribution is -0.274. The van der Waals surface area contributed by atoms with Gasteiger partial charge < -0.3 is 25.4 Å². The number of halogens is 3. The number of benzene rings is 1. The van der Waals surface area contributed by atoms with Gasteiger partial charge in [-0.25, -0.2) is 4.79 Å². The molecular formula is C24H25F3N4O5. The third kappa shape index (κ3) is 5.07. The molecule has 2 aliphatic heterocycles. The molecule has 0 radical (unpaired) electrons. The molecule has 2 aliphatic rings. The SMILES string of the molecule is NC(=O)C(C(=O)C1N(c2ccc(OC(F)(F)F)cc2)CCC12CCN(C(=O)O)CC2)c1ccccn1. The Balaban J connectivity index is 1.70. The number of likely N-dealkylation sites (tertiary alicyclic amines) is 1. The number of piperidine rings is 1. The van der Waals surface area contributed by atoms with Crippen LogP contribution in [0.5, 0.6) is 5.75 Å². The number of amides is 2. The largest absolute Gasteiger partial charge is 0.573 e. The van der Waals surface area contributed by atoms with Gasteiger partial charge in [0.2, 0.25) is 5.91 Å². The first-order valence-electron chi connectivity index (χ1n) is 11.3. The van der Waals surface area contributed by atoms with E-state index in [4.69, 9.17) is 5.73 Å². The van der Waals surface area contributed by atoms with Gasteiger partial charge in [0, 0.05) is 36.9 Å². The molecule has 3 N–H and O–H groups in total. The molecule has 9 nitrogen and oxygen atoms in total. The van der Waals surface area contributed by atoms with Crippen molar-refractivity contribution in [1.82, 2.24) is 9.88 Å². The summed E-state index contributed by atoms with van der Waals surface area (Å²) in [5, 5.41) is 9.38. The number of alkyl halides is 3. The Morgan fingerprint density at radius 3 is 2.22 bits per heavy atom. The topological polar surface area (TPSA) is 126 Å². The number of ether oxygens (including phenoxy) is 1. The number of carboxylic acid groups (broad SMARTS) is 1. The number of carbonyl (C=O) groups excluding carboxylic acids is 2. The number of hydrogen-bond acceptors (Lipinski definition) is 6. The second kappa shape index (κ2) is 9.67. The number of aromatic nitrogens is 1. The number of pyridine rings is 1. The van der Waals surface area contributed by atoms with Crippen molar-refractivity contribution in [2.45, 2.75) is 37.6 Å². The van der Waals surface area contributed by atoms with Gasteiger partial charge in [-0.1, -0.05) is 6.07 Å². The molecule has 12 heteroatoms. The van der Waals surface area contributed by atoms with Gasteiger partial charge >= 0.3 is 12.5 Å². The molecule has 2 aromatic rings. The lowest BCUT2D eigenvalue weighted by Gasteiger charge is -2.43. The van der Waals surface area contributed by atoms with Gasteiger partial charge in [-0.3, -0.25) is 14.6 Å². The van der Waals surface area contributed by atoms with E-state index in [-0.39, 0.29) is 18.8 Å². The van der Waals surface area contributed by atoms with Crippen molar-refractivity contribution in [2.24, 2.45) is 11.1 Å². The number of Topliss-reactive ketones (excluding diaryl/α,β-unsaturated/α-hetero) is 1. The standard InChI is InChI=1S/C24H25F3N4O5/c25-24(26,27)36-16-6-4-15(5-7-16)31-14-10-23(8-12-30(13-9-23)22(34)35)20(31)19(32)18(21(28)33)17-3-1-2-11-29-17/h1-7,11,18,20H,8-10,12-14H2,(H2,28,33)(H,34,35). The highest BCUT2D eigenvalue weighted by molar-refractivity contribution is 6.09. The fourth-order valence-corrected chi connectivity index (χ4v) is 5.32. The van der Waals surface area contributed by atoms with Crippen LogP contribution in [-0.2, 0) is 9.59 Å². The zero-order valence-corrected chi connectivity index (χ0v) is 19.1. The number of hydrogen-bond donors (Lipinski definition) is 2. The molecule has 0 saturated carbocycles. The highest BCUT2D eigenvalue weighted by Gasteiger charge is 2.54. The highest BCUT2D eigenvalue weighted by atomic mass is 19.4. The minimum atomic E-state index is -4.84. The summed E-state index contributed by atoms with van der Waals surface area (Å²) >= 11 is 0. The Hall–Kier alpha value is -3.83. The van der Waals surface area contributed by atoms with Crippen molar-refractivity contribution in [1.29, 1.82) is 0 Å². The summed E-state index contributed by atoms with van der Waals surface area (Å²) in [5.41, 5.74) is 5.69. The van der Waals surface area contributed by atoms with Crippen molar-refractivity contribution in [2.75, 3.05) is 24.5 Å². The first-order chi connectivity index (χ1) is 17.0. The second-order valence-corrected chi connectivity index (χ2v) is 9.01. The van der Waals surface area contributed by atoms with Crippen LogP contribution in [0.3, 0.4) is 0 Å². The predicted octanol–water partition coefficient (Wildman–Crippen LogP) is 3.16. The molecular weight excluding hydrogens is 481 g/mol. The number of rotatable bonds is 6. The number of ketones is 1. The van der Waals surface area contributed by atoms with E-state index < -0.39 is 47.3 Å². The van der Waals surface area contributed by atoms with Gasteiger partial charge in [-0.2, -0.15) is 0 Å². The summed E-state index contributed by atoms with van der Waals surface area (Å²) in [6.07, 6.45) is -3.14. The predicted molar refractivity (Wildman–Crippen MR) is 121 cm³/mol. The van der Waals surface area contributed by atoms with Gasteiger partial charge in [-0.05, 0) is 55.7 Å². The molecule has 1 aromatic carbocycles. The summed E-state index contributed by atoms with van der Waals surface area (Å²) in [6, 6.07) is 9.12. The first kappa shape index (κ1) is 25.3. The van der Waals surface area contributed by atoms with E-state index in [9.17, 15) is 32.7 Å². The van der Waals surface area contributed by atoms with E-state index in [1.54, 1.807) is 17.0 Å². The molecule has 3 heterocycles. The van der Waals surface area contributed by atoms with Crippen molar-refractivity contribution >= 4 is 23.5 Å². The van der Waals surface area contributed by atoms with Gasteiger partial charge in [0.1, 0.15) is 11.7 Å². The number of nitrogens with zero attached hydrogens (tertiary/aromatic N) is 3. The summed E-state index contributed by atoms with van der Waals surface area (Å²) < 4.78 is 41.7. The second-order valence-electron chi connectivity index (χ2n) is 9.01. The van der Waals surface area contributed by atoms with Gasteiger partial charge in [0.25, 0.3) is 0 Å². The fourth-order valence-electron chi connectivity index (χ4n) is 5.32. The van der Waals surface area contributed by atoms with Gasteiger partial charge in [-0.15, -0.1) is 13.2 Å². The third-order valence-electron chi connectivity index (χ3n) is 7.00. The zero-order valence-electron chi connectivity index (χ0n) is 19.1. The van der Waals surface area contributed by atoms with Crippen LogP contribution < -0.4 is 15.4 Å². The maximum atomic E-state index is 14.0. The molecule has 4 rings (SSSR count). The maximum absolute atomic E-state index is 14.0. The number of anilines is 1. The van der Waals surface area contributed by atoms with E-state index in [1.165, 1.54) is 29.3 Å². The van der Waals surface area contributed by atoms with Crippen LogP contribution in [0.2, 0.25) is 0 Å². The Labute approximate surface area is 204 Å². The summed E-state index contributed by atoms with van der Waals surface area (Å²) in [4.78, 5) is 45.1. The first-order valence-corrected chi connectivity index (χ1v) is 11.3. The normalized spacial score (nSPS) is 20.2. The minimum absolute atomic E-state index is 0.203. The van der Waals surface area contributed by atoms with Crippen molar-refractivity contribution in [3.63, 3.8) is 0 Å². The number of nitrogens with two attached hydrogens (primary N) is 1. The highest BCUT2D eigenvalue weighted by Crippen LogP contribution is 2.49. The molecule has 2 saturated heterocycles. The van der Waals surface area contributed by atoms with Gasteiger partial charge in [0.15, 0.2) is 5.78 Å².